The smallest absolute Gasteiger partial charge is 0.0441 e. The maximum absolute atomic E-state index is 8.71. The maximum atomic E-state index is 8.71. The SMILES string of the molecule is CCCCCCCCC[CH]C(Br)CCO. The second-order valence-electron chi connectivity index (χ2n) is 4.17. The molecule has 1 N–H and O–H groups in total. The van der Waals surface area contributed by atoms with Gasteiger partial charge in [-0.25, -0.2) is 0 Å². The average molecular weight is 278 g/mol. The zero-order valence-electron chi connectivity index (χ0n) is 10.1. The highest BCUT2D eigenvalue weighted by molar-refractivity contribution is 9.09. The van der Waals surface area contributed by atoms with Crippen molar-refractivity contribution in [3.63, 3.8) is 0 Å². The quantitative estimate of drug-likeness (QED) is 0.436. The molecule has 0 heterocycles. The van der Waals surface area contributed by atoms with Gasteiger partial charge in [-0.1, -0.05) is 67.8 Å². The first kappa shape index (κ1) is 15.4. The topological polar surface area (TPSA) is 20.2 Å². The van der Waals surface area contributed by atoms with Crippen LogP contribution in [-0.2, 0) is 0 Å². The monoisotopic (exact) mass is 277 g/mol. The van der Waals surface area contributed by atoms with Gasteiger partial charge in [0.15, 0.2) is 0 Å². The molecule has 0 spiro atoms. The lowest BCUT2D eigenvalue weighted by molar-refractivity contribution is 0.290. The van der Waals surface area contributed by atoms with Crippen LogP contribution < -0.4 is 0 Å². The number of aliphatic hydroxyl groups excluding tert-OH is 1. The third kappa shape index (κ3) is 12.4. The van der Waals surface area contributed by atoms with Crippen molar-refractivity contribution in [1.29, 1.82) is 0 Å². The molecule has 91 valence electrons. The Balaban J connectivity index is 2.98. The maximum Gasteiger partial charge on any atom is 0.0441 e. The Morgan fingerprint density at radius 3 is 2.27 bits per heavy atom. The molecule has 0 rings (SSSR count). The summed E-state index contributed by atoms with van der Waals surface area (Å²) < 4.78 is 0. The molecule has 0 aromatic rings. The van der Waals surface area contributed by atoms with Crippen molar-refractivity contribution in [2.75, 3.05) is 6.61 Å². The Morgan fingerprint density at radius 1 is 1.07 bits per heavy atom. The molecule has 0 saturated heterocycles. The lowest BCUT2D eigenvalue weighted by Crippen LogP contribution is -2.01. The van der Waals surface area contributed by atoms with Crippen molar-refractivity contribution in [1.82, 2.24) is 0 Å². The molecule has 0 aromatic heterocycles. The van der Waals surface area contributed by atoms with Gasteiger partial charge in [-0.15, -0.1) is 0 Å². The second kappa shape index (κ2) is 12.5. The first-order valence-electron chi connectivity index (χ1n) is 6.39. The van der Waals surface area contributed by atoms with E-state index in [9.17, 15) is 0 Å². The van der Waals surface area contributed by atoms with Crippen molar-refractivity contribution in [2.24, 2.45) is 0 Å². The number of alkyl halides is 1. The van der Waals surface area contributed by atoms with Gasteiger partial charge in [-0.05, 0) is 19.3 Å². The van der Waals surface area contributed by atoms with Crippen LogP contribution in [0.15, 0.2) is 0 Å². The summed E-state index contributed by atoms with van der Waals surface area (Å²) >= 11 is 3.53. The Labute approximate surface area is 104 Å². The fourth-order valence-corrected chi connectivity index (χ4v) is 2.11. The van der Waals surface area contributed by atoms with Gasteiger partial charge >= 0.3 is 0 Å². The number of rotatable bonds is 11. The number of halogens is 1. The molecule has 1 atom stereocenters. The van der Waals surface area contributed by atoms with Crippen LogP contribution in [0.2, 0.25) is 0 Å². The Bertz CT molecular complexity index is 117. The Kier molecular flexibility index (Phi) is 12.9. The van der Waals surface area contributed by atoms with Gasteiger partial charge in [0.1, 0.15) is 0 Å². The van der Waals surface area contributed by atoms with E-state index in [2.05, 4.69) is 29.3 Å². The van der Waals surface area contributed by atoms with Gasteiger partial charge in [-0.3, -0.25) is 0 Å². The third-order valence-electron chi connectivity index (χ3n) is 2.63. The molecule has 0 aliphatic carbocycles. The van der Waals surface area contributed by atoms with Crippen LogP contribution in [0, 0.1) is 6.42 Å². The van der Waals surface area contributed by atoms with Crippen molar-refractivity contribution in [3.05, 3.63) is 6.42 Å². The highest BCUT2D eigenvalue weighted by Crippen LogP contribution is 2.14. The predicted octanol–water partition coefficient (Wildman–Crippen LogP) is 4.48. The van der Waals surface area contributed by atoms with E-state index in [1.807, 2.05) is 0 Å². The van der Waals surface area contributed by atoms with Crippen LogP contribution in [0.3, 0.4) is 0 Å². The van der Waals surface area contributed by atoms with Crippen molar-refractivity contribution in [3.8, 4) is 0 Å². The van der Waals surface area contributed by atoms with E-state index in [4.69, 9.17) is 5.11 Å². The van der Waals surface area contributed by atoms with Crippen LogP contribution in [0.4, 0.5) is 0 Å². The summed E-state index contributed by atoms with van der Waals surface area (Å²) in [6.45, 7) is 2.54. The van der Waals surface area contributed by atoms with Crippen LogP contribution in [0.25, 0.3) is 0 Å². The van der Waals surface area contributed by atoms with Gasteiger partial charge in [0.05, 0.1) is 0 Å². The van der Waals surface area contributed by atoms with E-state index in [1.165, 1.54) is 51.4 Å². The molecule has 0 fully saturated rings. The van der Waals surface area contributed by atoms with Crippen LogP contribution in [0.5, 0.6) is 0 Å². The lowest BCUT2D eigenvalue weighted by atomic mass is 10.1. The molecular weight excluding hydrogens is 252 g/mol. The molecule has 2 heteroatoms. The van der Waals surface area contributed by atoms with E-state index in [0.29, 0.717) is 4.83 Å². The van der Waals surface area contributed by atoms with Crippen LogP contribution in [0.1, 0.15) is 64.7 Å². The third-order valence-corrected chi connectivity index (χ3v) is 3.47. The van der Waals surface area contributed by atoms with Gasteiger partial charge in [0.2, 0.25) is 0 Å². The molecule has 0 aliphatic heterocycles. The summed E-state index contributed by atoms with van der Waals surface area (Å²) in [4.78, 5) is 0.405. The fraction of sp³-hybridized carbons (Fsp3) is 0.923. The lowest BCUT2D eigenvalue weighted by Gasteiger charge is -2.06. The van der Waals surface area contributed by atoms with Crippen molar-refractivity contribution in [2.45, 2.75) is 69.5 Å². The minimum absolute atomic E-state index is 0.281. The zero-order valence-corrected chi connectivity index (χ0v) is 11.6. The standard InChI is InChI=1S/C13H26BrO/c1-2-3-4-5-6-7-8-9-10-13(14)11-12-15/h10,13,15H,2-9,11-12H2,1H3. The van der Waals surface area contributed by atoms with E-state index in [-0.39, 0.29) is 6.61 Å². The molecule has 0 saturated carbocycles. The molecule has 0 amide bonds. The summed E-state index contributed by atoms with van der Waals surface area (Å²) in [7, 11) is 0. The first-order valence-corrected chi connectivity index (χ1v) is 7.31. The highest BCUT2D eigenvalue weighted by atomic mass is 79.9. The summed E-state index contributed by atoms with van der Waals surface area (Å²) in [6.07, 6.45) is 13.9. The number of hydrogen-bond donors (Lipinski definition) is 1. The molecular formula is C13H26BrO. The number of hydrogen-bond acceptors (Lipinski definition) is 1. The number of unbranched alkanes of at least 4 members (excludes halogenated alkanes) is 7. The molecule has 0 aliphatic rings. The molecule has 15 heavy (non-hydrogen) atoms. The van der Waals surface area contributed by atoms with Gasteiger partial charge in [0, 0.05) is 11.4 Å². The van der Waals surface area contributed by atoms with Gasteiger partial charge < -0.3 is 5.11 Å². The highest BCUT2D eigenvalue weighted by Gasteiger charge is 2.02. The Morgan fingerprint density at radius 2 is 1.67 bits per heavy atom. The summed E-state index contributed by atoms with van der Waals surface area (Å²) in [5.74, 6) is 0. The summed E-state index contributed by atoms with van der Waals surface area (Å²) in [5, 5.41) is 8.71. The molecule has 1 radical (unpaired) electrons. The van der Waals surface area contributed by atoms with Gasteiger partial charge in [0.25, 0.3) is 0 Å². The first-order chi connectivity index (χ1) is 7.31. The van der Waals surface area contributed by atoms with Crippen LogP contribution >= 0.6 is 15.9 Å². The fourth-order valence-electron chi connectivity index (χ4n) is 1.64. The normalized spacial score (nSPS) is 13.0. The molecule has 0 bridgehead atoms. The van der Waals surface area contributed by atoms with E-state index >= 15 is 0 Å². The Hall–Kier alpha value is 0.440. The average Bonchev–Trinajstić information content (AvgIpc) is 2.22. The van der Waals surface area contributed by atoms with Crippen molar-refractivity contribution >= 4 is 15.9 Å². The van der Waals surface area contributed by atoms with Gasteiger partial charge in [-0.2, -0.15) is 0 Å². The largest absolute Gasteiger partial charge is 0.396 e. The second-order valence-corrected chi connectivity index (χ2v) is 5.35. The van der Waals surface area contributed by atoms with Crippen LogP contribution in [-0.4, -0.2) is 16.5 Å². The van der Waals surface area contributed by atoms with E-state index in [1.54, 1.807) is 0 Å². The minimum Gasteiger partial charge on any atom is -0.396 e. The van der Waals surface area contributed by atoms with E-state index in [0.717, 1.165) is 6.42 Å². The predicted molar refractivity (Wildman–Crippen MR) is 71.3 cm³/mol. The van der Waals surface area contributed by atoms with E-state index < -0.39 is 0 Å². The summed E-state index contributed by atoms with van der Waals surface area (Å²) in [5.41, 5.74) is 0. The molecule has 1 nitrogen and oxygen atoms in total. The summed E-state index contributed by atoms with van der Waals surface area (Å²) in [6, 6.07) is 0. The number of aliphatic hydroxyl groups is 1. The molecule has 0 aromatic carbocycles. The van der Waals surface area contributed by atoms with Crippen molar-refractivity contribution < 1.29 is 5.11 Å². The minimum atomic E-state index is 0.281. The molecule has 1 unspecified atom stereocenters. The zero-order chi connectivity index (χ0) is 11.4.